The van der Waals surface area contributed by atoms with Crippen molar-refractivity contribution in [3.63, 3.8) is 0 Å². The van der Waals surface area contributed by atoms with Crippen LogP contribution in [-0.4, -0.2) is 42.2 Å². The Bertz CT molecular complexity index is 732. The van der Waals surface area contributed by atoms with Gasteiger partial charge in [0.05, 0.1) is 5.02 Å². The number of thioether (sulfide) groups is 1. The highest BCUT2D eigenvalue weighted by atomic mass is 35.5. The molecule has 0 radical (unpaired) electrons. The summed E-state index contributed by atoms with van der Waals surface area (Å²) in [5, 5.41) is 4.06. The van der Waals surface area contributed by atoms with Crippen molar-refractivity contribution in [2.45, 2.75) is 43.0 Å². The molecule has 1 aliphatic heterocycles. The number of piperidine rings is 1. The Morgan fingerprint density at radius 3 is 2.54 bits per heavy atom. The second-order valence-electron chi connectivity index (χ2n) is 7.30. The quantitative estimate of drug-likeness (QED) is 0.459. The van der Waals surface area contributed by atoms with E-state index in [1.807, 2.05) is 48.2 Å². The number of benzene rings is 2. The van der Waals surface area contributed by atoms with Crippen molar-refractivity contribution in [3.05, 3.63) is 65.2 Å². The number of nitrogens with one attached hydrogen (secondary N) is 1. The molecule has 28 heavy (non-hydrogen) atoms. The predicted octanol–water partition coefficient (Wildman–Crippen LogP) is 5.04. The number of halogens is 1. The molecule has 5 heteroatoms. The number of carbonyl (C=O) groups is 1. The van der Waals surface area contributed by atoms with Crippen LogP contribution in [0.2, 0.25) is 5.02 Å². The summed E-state index contributed by atoms with van der Waals surface area (Å²) >= 11 is 8.03. The van der Waals surface area contributed by atoms with Crippen LogP contribution in [-0.2, 0) is 11.2 Å². The molecule has 1 amide bonds. The van der Waals surface area contributed by atoms with Gasteiger partial charge in [0.1, 0.15) is 0 Å². The minimum absolute atomic E-state index is 0.179. The van der Waals surface area contributed by atoms with E-state index in [1.54, 1.807) is 0 Å². The monoisotopic (exact) mass is 416 g/mol. The Labute approximate surface area is 177 Å². The van der Waals surface area contributed by atoms with Gasteiger partial charge in [0.2, 0.25) is 5.91 Å². The average Bonchev–Trinajstić information content (AvgIpc) is 2.73. The molecule has 0 aliphatic carbocycles. The fourth-order valence-electron chi connectivity index (χ4n) is 3.54. The van der Waals surface area contributed by atoms with Crippen LogP contribution < -0.4 is 5.32 Å². The first-order chi connectivity index (χ1) is 13.7. The van der Waals surface area contributed by atoms with Crippen molar-refractivity contribution in [1.82, 2.24) is 10.2 Å². The Kier molecular flexibility index (Phi) is 8.71. The lowest BCUT2D eigenvalue weighted by molar-refractivity contribution is -0.122. The van der Waals surface area contributed by atoms with Crippen LogP contribution in [0.5, 0.6) is 0 Å². The predicted molar refractivity (Wildman–Crippen MR) is 119 cm³/mol. The highest BCUT2D eigenvalue weighted by Crippen LogP contribution is 2.27. The highest BCUT2D eigenvalue weighted by molar-refractivity contribution is 7.99. The van der Waals surface area contributed by atoms with Gasteiger partial charge in [-0.3, -0.25) is 4.79 Å². The summed E-state index contributed by atoms with van der Waals surface area (Å²) in [7, 11) is 0. The molecule has 0 bridgehead atoms. The van der Waals surface area contributed by atoms with Crippen molar-refractivity contribution in [2.24, 2.45) is 0 Å². The van der Waals surface area contributed by atoms with Gasteiger partial charge >= 0.3 is 0 Å². The Balaban J connectivity index is 1.27. The fraction of sp³-hybridized carbons (Fsp3) is 0.435. The molecule has 1 fully saturated rings. The minimum Gasteiger partial charge on any atom is -0.353 e. The molecule has 0 unspecified atom stereocenters. The molecule has 0 atom stereocenters. The molecule has 0 aromatic heterocycles. The first-order valence-corrected chi connectivity index (χ1v) is 11.5. The van der Waals surface area contributed by atoms with E-state index in [1.165, 1.54) is 10.5 Å². The molecule has 0 saturated carbocycles. The van der Waals surface area contributed by atoms with Crippen LogP contribution in [0.25, 0.3) is 0 Å². The molecular formula is C23H29ClN2OS. The molecule has 3 rings (SSSR count). The second kappa shape index (κ2) is 11.5. The summed E-state index contributed by atoms with van der Waals surface area (Å²) in [4.78, 5) is 15.9. The van der Waals surface area contributed by atoms with Crippen LogP contribution in [0.3, 0.4) is 0 Å². The largest absolute Gasteiger partial charge is 0.353 e. The standard InChI is InChI=1S/C23H29ClN2OS/c24-21-9-4-5-10-22(21)28-18-6-15-26-16-13-20(14-17-26)25-23(27)12-11-19-7-2-1-3-8-19/h1-5,7-10,20H,6,11-18H2,(H,25,27). The molecule has 1 saturated heterocycles. The van der Waals surface area contributed by atoms with E-state index >= 15 is 0 Å². The number of hydrogen-bond donors (Lipinski definition) is 1. The molecule has 0 spiro atoms. The zero-order chi connectivity index (χ0) is 19.6. The van der Waals surface area contributed by atoms with Crippen molar-refractivity contribution < 1.29 is 4.79 Å². The lowest BCUT2D eigenvalue weighted by Crippen LogP contribution is -2.45. The van der Waals surface area contributed by atoms with Gasteiger partial charge in [0, 0.05) is 30.4 Å². The van der Waals surface area contributed by atoms with E-state index in [0.717, 1.165) is 56.1 Å². The first kappa shape index (κ1) is 21.2. The highest BCUT2D eigenvalue weighted by Gasteiger charge is 2.20. The van der Waals surface area contributed by atoms with Crippen molar-refractivity contribution in [2.75, 3.05) is 25.4 Å². The van der Waals surface area contributed by atoms with Gasteiger partial charge in [-0.15, -0.1) is 11.8 Å². The van der Waals surface area contributed by atoms with E-state index in [2.05, 4.69) is 28.4 Å². The van der Waals surface area contributed by atoms with Crippen molar-refractivity contribution in [1.29, 1.82) is 0 Å². The number of aryl methyl sites for hydroxylation is 1. The van der Waals surface area contributed by atoms with E-state index < -0.39 is 0 Å². The number of hydrogen-bond acceptors (Lipinski definition) is 3. The maximum atomic E-state index is 12.2. The third-order valence-corrected chi connectivity index (χ3v) is 6.75. The van der Waals surface area contributed by atoms with Crippen LogP contribution in [0, 0.1) is 0 Å². The van der Waals surface area contributed by atoms with Gasteiger partial charge in [0.25, 0.3) is 0 Å². The van der Waals surface area contributed by atoms with Gasteiger partial charge in [-0.25, -0.2) is 0 Å². The van der Waals surface area contributed by atoms with Crippen LogP contribution in [0.4, 0.5) is 0 Å². The summed E-state index contributed by atoms with van der Waals surface area (Å²) < 4.78 is 0. The summed E-state index contributed by atoms with van der Waals surface area (Å²) in [6.45, 7) is 3.26. The summed E-state index contributed by atoms with van der Waals surface area (Å²) in [5.74, 6) is 1.26. The molecule has 1 aliphatic rings. The van der Waals surface area contributed by atoms with E-state index in [-0.39, 0.29) is 5.91 Å². The third-order valence-electron chi connectivity index (χ3n) is 5.15. The summed E-state index contributed by atoms with van der Waals surface area (Å²) in [6, 6.07) is 18.6. The Hall–Kier alpha value is -1.49. The molecule has 2 aromatic rings. The van der Waals surface area contributed by atoms with E-state index in [4.69, 9.17) is 11.6 Å². The lowest BCUT2D eigenvalue weighted by Gasteiger charge is -2.32. The molecule has 150 valence electrons. The molecular weight excluding hydrogens is 388 g/mol. The fourth-order valence-corrected chi connectivity index (χ4v) is 4.71. The van der Waals surface area contributed by atoms with Gasteiger partial charge < -0.3 is 10.2 Å². The second-order valence-corrected chi connectivity index (χ2v) is 8.85. The van der Waals surface area contributed by atoms with Gasteiger partial charge in [-0.1, -0.05) is 54.1 Å². The van der Waals surface area contributed by atoms with Gasteiger partial charge in [0.15, 0.2) is 0 Å². The van der Waals surface area contributed by atoms with Crippen LogP contribution in [0.1, 0.15) is 31.2 Å². The number of likely N-dealkylation sites (tertiary alicyclic amines) is 1. The SMILES string of the molecule is O=C(CCc1ccccc1)NC1CCN(CCCSc2ccccc2Cl)CC1. The zero-order valence-electron chi connectivity index (χ0n) is 16.3. The summed E-state index contributed by atoms with van der Waals surface area (Å²) in [5.41, 5.74) is 1.22. The Morgan fingerprint density at radius 1 is 1.07 bits per heavy atom. The maximum Gasteiger partial charge on any atom is 0.220 e. The summed E-state index contributed by atoms with van der Waals surface area (Å²) in [6.07, 6.45) is 4.64. The average molecular weight is 417 g/mol. The lowest BCUT2D eigenvalue weighted by atomic mass is 10.0. The number of carbonyl (C=O) groups excluding carboxylic acids is 1. The smallest absolute Gasteiger partial charge is 0.220 e. The van der Waals surface area contributed by atoms with Crippen molar-refractivity contribution >= 4 is 29.3 Å². The Morgan fingerprint density at radius 2 is 1.79 bits per heavy atom. The normalized spacial score (nSPS) is 15.5. The topological polar surface area (TPSA) is 32.3 Å². The molecule has 1 heterocycles. The molecule has 2 aromatic carbocycles. The van der Waals surface area contributed by atoms with E-state index in [0.29, 0.717) is 12.5 Å². The molecule has 1 N–H and O–H groups in total. The zero-order valence-corrected chi connectivity index (χ0v) is 17.9. The molecule has 3 nitrogen and oxygen atoms in total. The minimum atomic E-state index is 0.179. The van der Waals surface area contributed by atoms with Crippen molar-refractivity contribution in [3.8, 4) is 0 Å². The number of rotatable bonds is 9. The van der Waals surface area contributed by atoms with Crippen LogP contribution in [0.15, 0.2) is 59.5 Å². The number of amides is 1. The number of nitrogens with zero attached hydrogens (tertiary/aromatic N) is 1. The third kappa shape index (κ3) is 7.16. The maximum absolute atomic E-state index is 12.2. The van der Waals surface area contributed by atoms with Crippen LogP contribution >= 0.6 is 23.4 Å². The van der Waals surface area contributed by atoms with Gasteiger partial charge in [-0.2, -0.15) is 0 Å². The van der Waals surface area contributed by atoms with Gasteiger partial charge in [-0.05, 0) is 55.7 Å². The van der Waals surface area contributed by atoms with E-state index in [9.17, 15) is 4.79 Å². The first-order valence-electron chi connectivity index (χ1n) is 10.1.